The largest absolute Gasteiger partial charge is 0.353 e. The van der Waals surface area contributed by atoms with Crippen LogP contribution in [0, 0.1) is 5.92 Å². The van der Waals surface area contributed by atoms with Crippen molar-refractivity contribution in [3.05, 3.63) is 0 Å². The second-order valence-corrected chi connectivity index (χ2v) is 6.51. The first-order valence-corrected chi connectivity index (χ1v) is 8.70. The molecule has 3 heteroatoms. The fourth-order valence-electron chi connectivity index (χ4n) is 3.20. The number of rotatable bonds is 9. The van der Waals surface area contributed by atoms with Crippen LogP contribution in [0.4, 0.5) is 0 Å². The van der Waals surface area contributed by atoms with Crippen molar-refractivity contribution in [2.75, 3.05) is 0 Å². The van der Waals surface area contributed by atoms with E-state index >= 15 is 0 Å². The maximum Gasteiger partial charge on any atom is 0.220 e. The molecule has 1 aliphatic rings. The van der Waals surface area contributed by atoms with E-state index in [-0.39, 0.29) is 5.91 Å². The molecule has 0 bridgehead atoms. The van der Waals surface area contributed by atoms with Crippen LogP contribution in [-0.2, 0) is 4.79 Å². The topological polar surface area (TPSA) is 55.1 Å². The monoisotopic (exact) mass is 282 g/mol. The summed E-state index contributed by atoms with van der Waals surface area (Å²) in [6.07, 6.45) is 12.3. The zero-order valence-electron chi connectivity index (χ0n) is 13.5. The number of hydrogen-bond acceptors (Lipinski definition) is 2. The van der Waals surface area contributed by atoms with E-state index < -0.39 is 0 Å². The summed E-state index contributed by atoms with van der Waals surface area (Å²) >= 11 is 0. The second kappa shape index (κ2) is 10.2. The van der Waals surface area contributed by atoms with Gasteiger partial charge in [-0.25, -0.2) is 0 Å². The first-order valence-electron chi connectivity index (χ1n) is 8.70. The molecule has 0 heterocycles. The molecule has 1 amide bonds. The van der Waals surface area contributed by atoms with Gasteiger partial charge in [-0.15, -0.1) is 0 Å². The van der Waals surface area contributed by atoms with Gasteiger partial charge in [-0.3, -0.25) is 4.79 Å². The lowest BCUT2D eigenvalue weighted by molar-refractivity contribution is -0.122. The molecule has 0 aliphatic heterocycles. The number of hydrogen-bond donors (Lipinski definition) is 2. The molecule has 3 N–H and O–H groups in total. The van der Waals surface area contributed by atoms with Crippen LogP contribution in [0.5, 0.6) is 0 Å². The van der Waals surface area contributed by atoms with E-state index in [1.807, 2.05) is 0 Å². The molecule has 118 valence electrons. The van der Waals surface area contributed by atoms with Crippen molar-refractivity contribution in [2.45, 2.75) is 96.6 Å². The Bertz CT molecular complexity index is 260. The SMILES string of the molecule is CCCCC(CCC)NC(=O)CCC1CCC(N)CC1. The highest BCUT2D eigenvalue weighted by Crippen LogP contribution is 2.26. The summed E-state index contributed by atoms with van der Waals surface area (Å²) in [6.45, 7) is 4.40. The van der Waals surface area contributed by atoms with Gasteiger partial charge in [-0.2, -0.15) is 0 Å². The number of carbonyl (C=O) groups is 1. The van der Waals surface area contributed by atoms with E-state index in [0.29, 0.717) is 18.5 Å². The normalized spacial score (nSPS) is 24.4. The lowest BCUT2D eigenvalue weighted by Crippen LogP contribution is -2.35. The van der Waals surface area contributed by atoms with Crippen LogP contribution in [-0.4, -0.2) is 18.0 Å². The van der Waals surface area contributed by atoms with Crippen molar-refractivity contribution in [1.82, 2.24) is 5.32 Å². The van der Waals surface area contributed by atoms with Crippen LogP contribution in [0.1, 0.15) is 84.5 Å². The maximum absolute atomic E-state index is 12.1. The minimum atomic E-state index is 0.259. The molecule has 20 heavy (non-hydrogen) atoms. The third kappa shape index (κ3) is 7.28. The summed E-state index contributed by atoms with van der Waals surface area (Å²) in [4.78, 5) is 12.1. The molecular weight excluding hydrogens is 248 g/mol. The summed E-state index contributed by atoms with van der Waals surface area (Å²) < 4.78 is 0. The van der Waals surface area contributed by atoms with Gasteiger partial charge < -0.3 is 11.1 Å². The highest BCUT2D eigenvalue weighted by molar-refractivity contribution is 5.76. The number of unbranched alkanes of at least 4 members (excludes halogenated alkanes) is 1. The van der Waals surface area contributed by atoms with E-state index in [1.54, 1.807) is 0 Å². The third-order valence-corrected chi connectivity index (χ3v) is 4.58. The van der Waals surface area contributed by atoms with Crippen molar-refractivity contribution in [2.24, 2.45) is 11.7 Å². The van der Waals surface area contributed by atoms with Crippen LogP contribution >= 0.6 is 0 Å². The summed E-state index contributed by atoms with van der Waals surface area (Å²) in [6, 6.07) is 0.801. The summed E-state index contributed by atoms with van der Waals surface area (Å²) in [5.74, 6) is 0.982. The van der Waals surface area contributed by atoms with Gasteiger partial charge in [0.25, 0.3) is 0 Å². The van der Waals surface area contributed by atoms with Gasteiger partial charge in [-0.1, -0.05) is 33.1 Å². The molecule has 0 aromatic rings. The van der Waals surface area contributed by atoms with Crippen molar-refractivity contribution in [1.29, 1.82) is 0 Å². The van der Waals surface area contributed by atoms with Gasteiger partial charge in [0.2, 0.25) is 5.91 Å². The Kier molecular flexibility index (Phi) is 8.92. The van der Waals surface area contributed by atoms with E-state index in [0.717, 1.165) is 44.4 Å². The molecule has 1 aliphatic carbocycles. The third-order valence-electron chi connectivity index (χ3n) is 4.58. The molecule has 1 saturated carbocycles. The zero-order valence-corrected chi connectivity index (χ0v) is 13.5. The molecule has 1 unspecified atom stereocenters. The molecule has 0 aromatic heterocycles. The van der Waals surface area contributed by atoms with E-state index in [1.165, 1.54) is 25.7 Å². The quantitative estimate of drug-likeness (QED) is 0.676. The number of nitrogens with one attached hydrogen (secondary N) is 1. The molecular formula is C17H34N2O. The summed E-state index contributed by atoms with van der Waals surface area (Å²) in [7, 11) is 0. The van der Waals surface area contributed by atoms with Crippen LogP contribution in [0.25, 0.3) is 0 Å². The van der Waals surface area contributed by atoms with Gasteiger partial charge in [0, 0.05) is 18.5 Å². The predicted molar refractivity (Wildman–Crippen MR) is 85.5 cm³/mol. The van der Waals surface area contributed by atoms with Crippen molar-refractivity contribution < 1.29 is 4.79 Å². The van der Waals surface area contributed by atoms with Crippen LogP contribution in [0.2, 0.25) is 0 Å². The molecule has 0 radical (unpaired) electrons. The lowest BCUT2D eigenvalue weighted by Gasteiger charge is -2.26. The van der Waals surface area contributed by atoms with Crippen LogP contribution < -0.4 is 11.1 Å². The van der Waals surface area contributed by atoms with Crippen molar-refractivity contribution >= 4 is 5.91 Å². The smallest absolute Gasteiger partial charge is 0.220 e. The average Bonchev–Trinajstić information content (AvgIpc) is 2.44. The predicted octanol–water partition coefficient (Wildman–Crippen LogP) is 3.76. The zero-order chi connectivity index (χ0) is 14.8. The highest BCUT2D eigenvalue weighted by atomic mass is 16.1. The highest BCUT2D eigenvalue weighted by Gasteiger charge is 2.19. The molecule has 1 atom stereocenters. The molecule has 0 spiro atoms. The fourth-order valence-corrected chi connectivity index (χ4v) is 3.20. The minimum Gasteiger partial charge on any atom is -0.353 e. The van der Waals surface area contributed by atoms with Gasteiger partial charge in [0.05, 0.1) is 0 Å². The minimum absolute atomic E-state index is 0.259. The molecule has 0 aromatic carbocycles. The van der Waals surface area contributed by atoms with Crippen LogP contribution in [0.3, 0.4) is 0 Å². The Labute approximate surface area is 125 Å². The maximum atomic E-state index is 12.1. The van der Waals surface area contributed by atoms with Gasteiger partial charge in [0.1, 0.15) is 0 Å². The lowest BCUT2D eigenvalue weighted by atomic mass is 9.84. The Balaban J connectivity index is 2.20. The summed E-state index contributed by atoms with van der Waals surface area (Å²) in [5, 5.41) is 3.24. The Morgan fingerprint density at radius 3 is 2.45 bits per heavy atom. The van der Waals surface area contributed by atoms with Gasteiger partial charge >= 0.3 is 0 Å². The van der Waals surface area contributed by atoms with Gasteiger partial charge in [0.15, 0.2) is 0 Å². The fraction of sp³-hybridized carbons (Fsp3) is 0.941. The van der Waals surface area contributed by atoms with E-state index in [2.05, 4.69) is 19.2 Å². The molecule has 1 rings (SSSR count). The van der Waals surface area contributed by atoms with E-state index in [4.69, 9.17) is 5.73 Å². The Morgan fingerprint density at radius 1 is 1.15 bits per heavy atom. The molecule has 1 fully saturated rings. The summed E-state index contributed by atoms with van der Waals surface area (Å²) in [5.41, 5.74) is 5.92. The number of amides is 1. The first-order chi connectivity index (χ1) is 9.65. The molecule has 3 nitrogen and oxygen atoms in total. The van der Waals surface area contributed by atoms with Gasteiger partial charge in [-0.05, 0) is 50.9 Å². The standard InChI is InChI=1S/C17H34N2O/c1-3-5-7-16(6-4-2)19-17(20)13-10-14-8-11-15(18)12-9-14/h14-16H,3-13,18H2,1-2H3,(H,19,20). The first kappa shape index (κ1) is 17.5. The Morgan fingerprint density at radius 2 is 1.85 bits per heavy atom. The van der Waals surface area contributed by atoms with E-state index in [9.17, 15) is 4.79 Å². The van der Waals surface area contributed by atoms with Crippen molar-refractivity contribution in [3.8, 4) is 0 Å². The van der Waals surface area contributed by atoms with Crippen molar-refractivity contribution in [3.63, 3.8) is 0 Å². The Hall–Kier alpha value is -0.570. The second-order valence-electron chi connectivity index (χ2n) is 6.51. The number of carbonyl (C=O) groups excluding carboxylic acids is 1. The number of nitrogens with two attached hydrogens (primary N) is 1. The average molecular weight is 282 g/mol. The molecule has 0 saturated heterocycles. The van der Waals surface area contributed by atoms with Crippen LogP contribution in [0.15, 0.2) is 0 Å².